The van der Waals surface area contributed by atoms with E-state index in [4.69, 9.17) is 0 Å². The molecule has 1 unspecified atom stereocenters. The third kappa shape index (κ3) is 4.93. The molecular weight excluding hydrogens is 264 g/mol. The van der Waals surface area contributed by atoms with Gasteiger partial charge in [0.2, 0.25) is 0 Å². The standard InChI is InChI=1S/C14H19BrO/c1-2-3-5-10-13(15)11-14(16)12-8-6-4-7-9-12/h4,6-9,13H,2-3,5,10-11H2,1H3. The number of rotatable bonds is 7. The highest BCUT2D eigenvalue weighted by molar-refractivity contribution is 9.09. The highest BCUT2D eigenvalue weighted by Crippen LogP contribution is 2.17. The highest BCUT2D eigenvalue weighted by Gasteiger charge is 2.11. The maximum Gasteiger partial charge on any atom is 0.163 e. The largest absolute Gasteiger partial charge is 0.294 e. The van der Waals surface area contributed by atoms with Gasteiger partial charge in [-0.3, -0.25) is 4.79 Å². The van der Waals surface area contributed by atoms with E-state index in [2.05, 4.69) is 22.9 Å². The SMILES string of the molecule is CCCCCC(Br)CC(=O)c1ccccc1. The van der Waals surface area contributed by atoms with E-state index in [1.165, 1.54) is 19.3 Å². The van der Waals surface area contributed by atoms with Gasteiger partial charge in [0.25, 0.3) is 0 Å². The molecule has 0 radical (unpaired) electrons. The van der Waals surface area contributed by atoms with Crippen LogP contribution in [0.2, 0.25) is 0 Å². The number of carbonyl (C=O) groups excluding carboxylic acids is 1. The van der Waals surface area contributed by atoms with Crippen molar-refractivity contribution in [3.63, 3.8) is 0 Å². The average Bonchev–Trinajstić information content (AvgIpc) is 2.30. The van der Waals surface area contributed by atoms with Crippen molar-refractivity contribution in [3.8, 4) is 0 Å². The van der Waals surface area contributed by atoms with Crippen molar-refractivity contribution in [1.82, 2.24) is 0 Å². The number of ketones is 1. The fraction of sp³-hybridized carbons (Fsp3) is 0.500. The van der Waals surface area contributed by atoms with Crippen molar-refractivity contribution in [2.75, 3.05) is 0 Å². The number of hydrogen-bond acceptors (Lipinski definition) is 1. The Kier molecular flexibility index (Phi) is 6.39. The van der Waals surface area contributed by atoms with Gasteiger partial charge in [0, 0.05) is 16.8 Å². The number of unbranched alkanes of at least 4 members (excludes halogenated alkanes) is 2. The Morgan fingerprint density at radius 3 is 2.56 bits per heavy atom. The zero-order valence-corrected chi connectivity index (χ0v) is 11.4. The van der Waals surface area contributed by atoms with Crippen LogP contribution >= 0.6 is 15.9 Å². The maximum atomic E-state index is 11.9. The maximum absolute atomic E-state index is 11.9. The summed E-state index contributed by atoms with van der Waals surface area (Å²) in [5, 5.41) is 0. The fourth-order valence-electron chi connectivity index (χ4n) is 1.66. The predicted molar refractivity (Wildman–Crippen MR) is 72.2 cm³/mol. The van der Waals surface area contributed by atoms with Gasteiger partial charge in [-0.1, -0.05) is 72.4 Å². The van der Waals surface area contributed by atoms with E-state index in [1.54, 1.807) is 0 Å². The van der Waals surface area contributed by atoms with E-state index in [0.717, 1.165) is 12.0 Å². The first-order valence-electron chi connectivity index (χ1n) is 5.96. The predicted octanol–water partition coefficient (Wildman–Crippen LogP) is 4.60. The number of benzene rings is 1. The highest BCUT2D eigenvalue weighted by atomic mass is 79.9. The summed E-state index contributed by atoms with van der Waals surface area (Å²) in [6.45, 7) is 2.19. The molecular formula is C14H19BrO. The smallest absolute Gasteiger partial charge is 0.163 e. The number of carbonyl (C=O) groups is 1. The van der Waals surface area contributed by atoms with Gasteiger partial charge in [0.1, 0.15) is 0 Å². The first-order valence-corrected chi connectivity index (χ1v) is 6.88. The van der Waals surface area contributed by atoms with Crippen LogP contribution in [0.5, 0.6) is 0 Å². The Hall–Kier alpha value is -0.630. The molecule has 0 saturated carbocycles. The van der Waals surface area contributed by atoms with E-state index in [9.17, 15) is 4.79 Å². The van der Waals surface area contributed by atoms with Crippen LogP contribution in [0.1, 0.15) is 49.4 Å². The molecule has 0 fully saturated rings. The second-order valence-electron chi connectivity index (χ2n) is 4.09. The van der Waals surface area contributed by atoms with Gasteiger partial charge < -0.3 is 0 Å². The van der Waals surface area contributed by atoms with Crippen molar-refractivity contribution < 1.29 is 4.79 Å². The van der Waals surface area contributed by atoms with Crippen LogP contribution in [0, 0.1) is 0 Å². The molecule has 1 atom stereocenters. The summed E-state index contributed by atoms with van der Waals surface area (Å²) < 4.78 is 0. The van der Waals surface area contributed by atoms with E-state index in [-0.39, 0.29) is 5.78 Å². The van der Waals surface area contributed by atoms with Crippen LogP contribution in [-0.2, 0) is 0 Å². The number of halogens is 1. The molecule has 0 N–H and O–H groups in total. The number of alkyl halides is 1. The molecule has 1 aromatic carbocycles. The lowest BCUT2D eigenvalue weighted by Gasteiger charge is -2.08. The van der Waals surface area contributed by atoms with Crippen LogP contribution in [0.25, 0.3) is 0 Å². The second kappa shape index (κ2) is 7.61. The average molecular weight is 283 g/mol. The van der Waals surface area contributed by atoms with Crippen molar-refractivity contribution >= 4 is 21.7 Å². The topological polar surface area (TPSA) is 17.1 Å². The van der Waals surface area contributed by atoms with Crippen LogP contribution in [-0.4, -0.2) is 10.6 Å². The fourth-order valence-corrected chi connectivity index (χ4v) is 2.28. The lowest BCUT2D eigenvalue weighted by Crippen LogP contribution is -2.08. The minimum absolute atomic E-state index is 0.235. The molecule has 0 bridgehead atoms. The summed E-state index contributed by atoms with van der Waals surface area (Å²) in [6, 6.07) is 9.52. The molecule has 0 aliphatic heterocycles. The molecule has 2 heteroatoms. The van der Waals surface area contributed by atoms with Crippen LogP contribution in [0.15, 0.2) is 30.3 Å². The van der Waals surface area contributed by atoms with Crippen molar-refractivity contribution in [3.05, 3.63) is 35.9 Å². The molecule has 0 amide bonds. The summed E-state index contributed by atoms with van der Waals surface area (Å²) in [5.74, 6) is 0.235. The van der Waals surface area contributed by atoms with E-state index >= 15 is 0 Å². The third-order valence-electron chi connectivity index (χ3n) is 2.62. The van der Waals surface area contributed by atoms with Crippen molar-refractivity contribution in [1.29, 1.82) is 0 Å². The molecule has 0 saturated heterocycles. The van der Waals surface area contributed by atoms with Gasteiger partial charge in [-0.2, -0.15) is 0 Å². The zero-order chi connectivity index (χ0) is 11.8. The zero-order valence-electron chi connectivity index (χ0n) is 9.79. The normalized spacial score (nSPS) is 12.4. The first kappa shape index (κ1) is 13.4. The van der Waals surface area contributed by atoms with Crippen LogP contribution in [0.3, 0.4) is 0 Å². The van der Waals surface area contributed by atoms with Gasteiger partial charge in [-0.25, -0.2) is 0 Å². The Balaban J connectivity index is 2.34. The Morgan fingerprint density at radius 2 is 1.94 bits per heavy atom. The minimum atomic E-state index is 0.235. The van der Waals surface area contributed by atoms with Crippen molar-refractivity contribution in [2.24, 2.45) is 0 Å². The third-order valence-corrected chi connectivity index (χ3v) is 3.41. The molecule has 16 heavy (non-hydrogen) atoms. The lowest BCUT2D eigenvalue weighted by atomic mass is 10.0. The monoisotopic (exact) mass is 282 g/mol. The van der Waals surface area contributed by atoms with E-state index < -0.39 is 0 Å². The Labute approximate surface area is 106 Å². The van der Waals surface area contributed by atoms with Gasteiger partial charge >= 0.3 is 0 Å². The molecule has 0 aromatic heterocycles. The van der Waals surface area contributed by atoms with E-state index in [1.807, 2.05) is 30.3 Å². The van der Waals surface area contributed by atoms with Gasteiger partial charge in [-0.15, -0.1) is 0 Å². The van der Waals surface area contributed by atoms with Crippen molar-refractivity contribution in [2.45, 2.75) is 43.9 Å². The molecule has 0 spiro atoms. The van der Waals surface area contributed by atoms with Gasteiger partial charge in [0.15, 0.2) is 5.78 Å². The summed E-state index contributed by atoms with van der Waals surface area (Å²) in [4.78, 5) is 12.2. The lowest BCUT2D eigenvalue weighted by molar-refractivity contribution is 0.0982. The molecule has 0 aliphatic rings. The quantitative estimate of drug-likeness (QED) is 0.406. The van der Waals surface area contributed by atoms with Gasteiger partial charge in [-0.05, 0) is 6.42 Å². The molecule has 1 rings (SSSR count). The Bertz CT molecular complexity index is 308. The summed E-state index contributed by atoms with van der Waals surface area (Å²) >= 11 is 3.59. The first-order chi connectivity index (χ1) is 7.74. The molecule has 0 heterocycles. The summed E-state index contributed by atoms with van der Waals surface area (Å²) in [6.07, 6.45) is 5.38. The molecule has 1 aromatic rings. The second-order valence-corrected chi connectivity index (χ2v) is 5.38. The molecule has 88 valence electrons. The summed E-state index contributed by atoms with van der Waals surface area (Å²) in [7, 11) is 0. The van der Waals surface area contributed by atoms with Crippen LogP contribution in [0.4, 0.5) is 0 Å². The Morgan fingerprint density at radius 1 is 1.25 bits per heavy atom. The number of Topliss-reactive ketones (excluding diaryl/α,β-unsaturated/α-hetero) is 1. The summed E-state index contributed by atoms with van der Waals surface area (Å²) in [5.41, 5.74) is 0.822. The van der Waals surface area contributed by atoms with E-state index in [0.29, 0.717) is 11.2 Å². The minimum Gasteiger partial charge on any atom is -0.294 e. The van der Waals surface area contributed by atoms with Crippen LogP contribution < -0.4 is 0 Å². The molecule has 0 aliphatic carbocycles. The van der Waals surface area contributed by atoms with Gasteiger partial charge in [0.05, 0.1) is 0 Å². The molecule has 1 nitrogen and oxygen atoms in total. The number of hydrogen-bond donors (Lipinski definition) is 0.